The predicted molar refractivity (Wildman–Crippen MR) is 79.5 cm³/mol. The first-order valence-electron chi connectivity index (χ1n) is 5.64. The Hall–Kier alpha value is -1.34. The summed E-state index contributed by atoms with van der Waals surface area (Å²) in [5.41, 5.74) is 0.323. The molecule has 0 fully saturated rings. The Labute approximate surface area is 123 Å². The van der Waals surface area contributed by atoms with Crippen LogP contribution in [0.25, 0.3) is 10.6 Å². The van der Waals surface area contributed by atoms with Gasteiger partial charge in [-0.2, -0.15) is 5.10 Å². The molecule has 2 aromatic heterocycles. The minimum atomic E-state index is -0.526. The molecule has 5 nitrogen and oxygen atoms in total. The van der Waals surface area contributed by atoms with Crippen molar-refractivity contribution in [3.05, 3.63) is 22.0 Å². The van der Waals surface area contributed by atoms with E-state index in [1.54, 1.807) is 17.4 Å². The molecule has 0 unspecified atom stereocenters. The van der Waals surface area contributed by atoms with Crippen LogP contribution in [0.3, 0.4) is 0 Å². The van der Waals surface area contributed by atoms with Gasteiger partial charge in [0.05, 0.1) is 14.4 Å². The van der Waals surface area contributed by atoms with Gasteiger partial charge in [0, 0.05) is 6.07 Å². The highest BCUT2D eigenvalue weighted by Gasteiger charge is 2.17. The molecule has 0 aliphatic carbocycles. The molecule has 2 N–H and O–H groups in total. The average Bonchev–Trinajstić information content (AvgIpc) is 2.83. The molecular formula is C12H14BrN3O2S. The van der Waals surface area contributed by atoms with Crippen LogP contribution >= 0.6 is 27.3 Å². The van der Waals surface area contributed by atoms with Crippen molar-refractivity contribution in [1.29, 1.82) is 0 Å². The lowest BCUT2D eigenvalue weighted by Crippen LogP contribution is -2.27. The molecule has 0 saturated heterocycles. The molecule has 102 valence electrons. The summed E-state index contributed by atoms with van der Waals surface area (Å²) in [5.74, 6) is 0.439. The lowest BCUT2D eigenvalue weighted by molar-refractivity contribution is 0.0635. The molecule has 0 aromatic carbocycles. The third-order valence-corrected chi connectivity index (χ3v) is 3.70. The van der Waals surface area contributed by atoms with Crippen LogP contribution in [0.1, 0.15) is 20.8 Å². The van der Waals surface area contributed by atoms with Gasteiger partial charge in [0.1, 0.15) is 5.60 Å². The average molecular weight is 344 g/mol. The number of carbonyl (C=O) groups excluding carboxylic acids is 1. The molecule has 2 aromatic rings. The summed E-state index contributed by atoms with van der Waals surface area (Å²) in [6, 6.07) is 5.70. The van der Waals surface area contributed by atoms with Crippen LogP contribution in [0, 0.1) is 0 Å². The second kappa shape index (κ2) is 5.34. The Balaban J connectivity index is 2.04. The molecule has 1 amide bonds. The summed E-state index contributed by atoms with van der Waals surface area (Å²) < 4.78 is 6.19. The molecule has 0 radical (unpaired) electrons. The van der Waals surface area contributed by atoms with Crippen LogP contribution in [0.2, 0.25) is 0 Å². The Morgan fingerprint density at radius 3 is 2.79 bits per heavy atom. The maximum absolute atomic E-state index is 11.6. The quantitative estimate of drug-likeness (QED) is 0.856. The molecule has 0 bridgehead atoms. The fraction of sp³-hybridized carbons (Fsp3) is 0.333. The number of aromatic amines is 1. The number of hydrogen-bond acceptors (Lipinski definition) is 4. The summed E-state index contributed by atoms with van der Waals surface area (Å²) in [6.45, 7) is 5.43. The highest BCUT2D eigenvalue weighted by Crippen LogP contribution is 2.30. The molecule has 0 spiro atoms. The van der Waals surface area contributed by atoms with Crippen molar-refractivity contribution in [3.63, 3.8) is 0 Å². The molecule has 0 atom stereocenters. The fourth-order valence-electron chi connectivity index (χ4n) is 1.38. The molecule has 0 aliphatic rings. The van der Waals surface area contributed by atoms with Crippen LogP contribution in [0.4, 0.5) is 10.6 Å². The Morgan fingerprint density at radius 1 is 1.47 bits per heavy atom. The van der Waals surface area contributed by atoms with Gasteiger partial charge in [-0.1, -0.05) is 0 Å². The summed E-state index contributed by atoms with van der Waals surface area (Å²) in [4.78, 5) is 12.6. The minimum absolute atomic E-state index is 0.439. The Morgan fingerprint density at radius 2 is 2.21 bits per heavy atom. The van der Waals surface area contributed by atoms with Crippen molar-refractivity contribution in [2.45, 2.75) is 26.4 Å². The standard InChI is InChI=1S/C12H14BrN3O2S/c1-12(2,3)18-11(17)14-10-6-7(15-16-10)8-4-5-9(13)19-8/h4-6H,1-3H3,(H2,14,15,16,17). The molecular weight excluding hydrogens is 330 g/mol. The van der Waals surface area contributed by atoms with Gasteiger partial charge in [-0.3, -0.25) is 10.4 Å². The van der Waals surface area contributed by atoms with Crippen molar-refractivity contribution < 1.29 is 9.53 Å². The van der Waals surface area contributed by atoms with Crippen molar-refractivity contribution in [2.24, 2.45) is 0 Å². The first-order valence-corrected chi connectivity index (χ1v) is 7.25. The zero-order chi connectivity index (χ0) is 14.0. The number of H-pyrrole nitrogens is 1. The van der Waals surface area contributed by atoms with Gasteiger partial charge in [0.2, 0.25) is 0 Å². The zero-order valence-corrected chi connectivity index (χ0v) is 13.2. The SMILES string of the molecule is CC(C)(C)OC(=O)Nc1cc(-c2ccc(Br)s2)[nH]n1. The van der Waals surface area contributed by atoms with E-state index in [4.69, 9.17) is 4.74 Å². The number of rotatable bonds is 2. The molecule has 19 heavy (non-hydrogen) atoms. The maximum atomic E-state index is 11.6. The smallest absolute Gasteiger partial charge is 0.413 e. The number of halogens is 1. The first-order chi connectivity index (χ1) is 8.83. The molecule has 2 rings (SSSR count). The summed E-state index contributed by atoms with van der Waals surface area (Å²) in [7, 11) is 0. The highest BCUT2D eigenvalue weighted by molar-refractivity contribution is 9.11. The number of aromatic nitrogens is 2. The number of anilines is 1. The molecule has 0 aliphatic heterocycles. The van der Waals surface area contributed by atoms with Crippen LogP contribution in [-0.2, 0) is 4.74 Å². The third-order valence-electron chi connectivity index (χ3n) is 2.05. The lowest BCUT2D eigenvalue weighted by Gasteiger charge is -2.18. The number of nitrogens with zero attached hydrogens (tertiary/aromatic N) is 1. The summed E-state index contributed by atoms with van der Waals surface area (Å²) in [6.07, 6.45) is -0.516. The predicted octanol–water partition coefficient (Wildman–Crippen LogP) is 4.25. The number of hydrogen-bond donors (Lipinski definition) is 2. The fourth-order valence-corrected chi connectivity index (χ4v) is 2.73. The normalized spacial score (nSPS) is 11.4. The molecule has 7 heteroatoms. The van der Waals surface area contributed by atoms with E-state index >= 15 is 0 Å². The third kappa shape index (κ3) is 4.07. The molecule has 2 heterocycles. The van der Waals surface area contributed by atoms with Gasteiger partial charge in [0.15, 0.2) is 5.82 Å². The van der Waals surface area contributed by atoms with Crippen LogP contribution in [0.5, 0.6) is 0 Å². The van der Waals surface area contributed by atoms with E-state index in [0.717, 1.165) is 14.4 Å². The Kier molecular flexibility index (Phi) is 3.96. The van der Waals surface area contributed by atoms with Crippen molar-refractivity contribution in [1.82, 2.24) is 10.2 Å². The van der Waals surface area contributed by atoms with E-state index in [-0.39, 0.29) is 0 Å². The van der Waals surface area contributed by atoms with Crippen LogP contribution in [-0.4, -0.2) is 21.9 Å². The van der Waals surface area contributed by atoms with Gasteiger partial charge in [0.25, 0.3) is 0 Å². The number of ether oxygens (including phenoxy) is 1. The minimum Gasteiger partial charge on any atom is -0.444 e. The Bertz CT molecular complexity index is 586. The van der Waals surface area contributed by atoms with Gasteiger partial charge in [-0.05, 0) is 48.8 Å². The van der Waals surface area contributed by atoms with E-state index < -0.39 is 11.7 Å². The van der Waals surface area contributed by atoms with Crippen LogP contribution in [0.15, 0.2) is 22.0 Å². The topological polar surface area (TPSA) is 67.0 Å². The van der Waals surface area contributed by atoms with E-state index in [1.165, 1.54) is 0 Å². The van der Waals surface area contributed by atoms with Crippen molar-refractivity contribution in [3.8, 4) is 10.6 Å². The van der Waals surface area contributed by atoms with Gasteiger partial charge in [-0.25, -0.2) is 4.79 Å². The van der Waals surface area contributed by atoms with E-state index in [1.807, 2.05) is 32.9 Å². The maximum Gasteiger partial charge on any atom is 0.413 e. The zero-order valence-electron chi connectivity index (χ0n) is 10.8. The number of amides is 1. The van der Waals surface area contributed by atoms with Gasteiger partial charge in [-0.15, -0.1) is 11.3 Å². The first kappa shape index (κ1) is 14.1. The lowest BCUT2D eigenvalue weighted by atomic mass is 10.2. The van der Waals surface area contributed by atoms with E-state index in [0.29, 0.717) is 5.82 Å². The number of thiophene rings is 1. The highest BCUT2D eigenvalue weighted by atomic mass is 79.9. The number of carbonyl (C=O) groups is 1. The monoisotopic (exact) mass is 343 g/mol. The van der Waals surface area contributed by atoms with E-state index in [9.17, 15) is 4.79 Å². The van der Waals surface area contributed by atoms with Crippen molar-refractivity contribution >= 4 is 39.2 Å². The van der Waals surface area contributed by atoms with Gasteiger partial charge >= 0.3 is 6.09 Å². The second-order valence-electron chi connectivity index (χ2n) is 4.90. The second-order valence-corrected chi connectivity index (χ2v) is 7.36. The number of nitrogens with one attached hydrogen (secondary N) is 2. The summed E-state index contributed by atoms with van der Waals surface area (Å²) >= 11 is 4.99. The van der Waals surface area contributed by atoms with E-state index in [2.05, 4.69) is 31.4 Å². The van der Waals surface area contributed by atoms with Gasteiger partial charge < -0.3 is 4.74 Å². The van der Waals surface area contributed by atoms with Crippen molar-refractivity contribution in [2.75, 3.05) is 5.32 Å². The largest absolute Gasteiger partial charge is 0.444 e. The summed E-state index contributed by atoms with van der Waals surface area (Å²) in [5, 5.41) is 9.48. The molecule has 0 saturated carbocycles. The van der Waals surface area contributed by atoms with Crippen LogP contribution < -0.4 is 5.32 Å².